The van der Waals surface area contributed by atoms with Crippen LogP contribution < -0.4 is 11.1 Å². The van der Waals surface area contributed by atoms with Gasteiger partial charge >= 0.3 is 0 Å². The summed E-state index contributed by atoms with van der Waals surface area (Å²) in [4.78, 5) is 26.1. The van der Waals surface area contributed by atoms with Crippen LogP contribution in [-0.4, -0.2) is 42.4 Å². The molecule has 1 heterocycles. The molecule has 2 amide bonds. The molecule has 2 rings (SSSR count). The molecular weight excluding hydrogens is 326 g/mol. The van der Waals surface area contributed by atoms with Crippen molar-refractivity contribution in [3.8, 4) is 0 Å². The van der Waals surface area contributed by atoms with Gasteiger partial charge in [-0.15, -0.1) is 12.4 Å². The van der Waals surface area contributed by atoms with Crippen molar-refractivity contribution in [3.63, 3.8) is 0 Å². The third kappa shape index (κ3) is 6.13. The molecule has 1 aliphatic rings. The topological polar surface area (TPSA) is 75.4 Å². The van der Waals surface area contributed by atoms with Gasteiger partial charge in [0.2, 0.25) is 5.91 Å². The number of nitrogens with zero attached hydrogens (tertiary/aromatic N) is 1. The predicted molar refractivity (Wildman–Crippen MR) is 98.2 cm³/mol. The number of nitrogens with two attached hydrogens (primary N) is 1. The number of nitrogens with one attached hydrogen (secondary N) is 1. The maximum atomic E-state index is 12.3. The highest BCUT2D eigenvalue weighted by Gasteiger charge is 2.25. The first-order chi connectivity index (χ1) is 11.1. The Morgan fingerprint density at radius 2 is 2.04 bits per heavy atom. The van der Waals surface area contributed by atoms with Gasteiger partial charge in [-0.25, -0.2) is 0 Å². The molecule has 0 spiro atoms. The molecule has 3 N–H and O–H groups in total. The Balaban J connectivity index is 0.00000288. The lowest BCUT2D eigenvalue weighted by Crippen LogP contribution is -2.45. The fourth-order valence-corrected chi connectivity index (χ4v) is 2.96. The van der Waals surface area contributed by atoms with Crippen molar-refractivity contribution in [2.75, 3.05) is 19.6 Å². The molecule has 0 aliphatic carbocycles. The first kappa shape index (κ1) is 20.5. The van der Waals surface area contributed by atoms with E-state index in [1.165, 1.54) is 0 Å². The minimum atomic E-state index is -0.0898. The van der Waals surface area contributed by atoms with E-state index >= 15 is 0 Å². The van der Waals surface area contributed by atoms with Gasteiger partial charge in [0.25, 0.3) is 5.91 Å². The molecule has 0 aromatic heterocycles. The van der Waals surface area contributed by atoms with Crippen LogP contribution in [-0.2, 0) is 4.79 Å². The molecule has 1 fully saturated rings. The number of piperidine rings is 1. The van der Waals surface area contributed by atoms with Crippen LogP contribution in [0.3, 0.4) is 0 Å². The summed E-state index contributed by atoms with van der Waals surface area (Å²) in [5.74, 6) is 0.489. The molecule has 134 valence electrons. The Bertz CT molecular complexity index is 522. The average molecular weight is 354 g/mol. The van der Waals surface area contributed by atoms with Gasteiger partial charge < -0.3 is 16.0 Å². The Hall–Kier alpha value is -1.59. The van der Waals surface area contributed by atoms with Crippen molar-refractivity contribution >= 4 is 24.2 Å². The summed E-state index contributed by atoms with van der Waals surface area (Å²) in [5.41, 5.74) is 6.60. The van der Waals surface area contributed by atoms with Crippen LogP contribution in [0.4, 0.5) is 0 Å². The highest BCUT2D eigenvalue weighted by molar-refractivity contribution is 5.94. The van der Waals surface area contributed by atoms with E-state index in [0.29, 0.717) is 30.9 Å². The Kier molecular flexibility index (Phi) is 8.79. The number of hydrogen-bond acceptors (Lipinski definition) is 3. The normalized spacial score (nSPS) is 18.4. The van der Waals surface area contributed by atoms with Crippen LogP contribution in [0.25, 0.3) is 0 Å². The van der Waals surface area contributed by atoms with Crippen LogP contribution in [0.2, 0.25) is 0 Å². The lowest BCUT2D eigenvalue weighted by molar-refractivity contribution is -0.133. The summed E-state index contributed by atoms with van der Waals surface area (Å²) in [7, 11) is 0. The molecule has 1 aromatic rings. The van der Waals surface area contributed by atoms with E-state index in [-0.39, 0.29) is 30.3 Å². The molecule has 5 nitrogen and oxygen atoms in total. The van der Waals surface area contributed by atoms with Crippen LogP contribution in [0.15, 0.2) is 30.3 Å². The van der Waals surface area contributed by atoms with E-state index in [1.54, 1.807) is 12.1 Å². The van der Waals surface area contributed by atoms with Crippen LogP contribution >= 0.6 is 12.4 Å². The average Bonchev–Trinajstić information content (AvgIpc) is 2.59. The third-order valence-electron chi connectivity index (χ3n) is 4.44. The molecule has 1 aliphatic heterocycles. The van der Waals surface area contributed by atoms with Crippen LogP contribution in [0.5, 0.6) is 0 Å². The van der Waals surface area contributed by atoms with Crippen molar-refractivity contribution in [2.45, 2.75) is 38.6 Å². The third-order valence-corrected chi connectivity index (χ3v) is 4.44. The summed E-state index contributed by atoms with van der Waals surface area (Å²) >= 11 is 0. The molecule has 0 saturated carbocycles. The van der Waals surface area contributed by atoms with Crippen molar-refractivity contribution < 1.29 is 9.59 Å². The maximum absolute atomic E-state index is 12.3. The number of rotatable bonds is 6. The first-order valence-corrected chi connectivity index (χ1v) is 8.44. The van der Waals surface area contributed by atoms with Gasteiger partial charge in [-0.2, -0.15) is 0 Å². The number of carbonyl (C=O) groups excluding carboxylic acids is 2. The van der Waals surface area contributed by atoms with E-state index in [4.69, 9.17) is 5.73 Å². The van der Waals surface area contributed by atoms with Gasteiger partial charge in [0, 0.05) is 37.7 Å². The second-order valence-corrected chi connectivity index (χ2v) is 6.33. The quantitative estimate of drug-likeness (QED) is 0.770. The fraction of sp³-hybridized carbons (Fsp3) is 0.556. The zero-order chi connectivity index (χ0) is 16.7. The van der Waals surface area contributed by atoms with E-state index < -0.39 is 0 Å². The SMILES string of the molecule is CC(N)C1CCCN(C(=O)CCCNC(=O)c2ccccc2)C1.Cl. The lowest BCUT2D eigenvalue weighted by Gasteiger charge is -2.34. The molecule has 1 saturated heterocycles. The number of hydrogen-bond donors (Lipinski definition) is 2. The highest BCUT2D eigenvalue weighted by atomic mass is 35.5. The van der Waals surface area contributed by atoms with Crippen LogP contribution in [0.1, 0.15) is 43.0 Å². The van der Waals surface area contributed by atoms with E-state index in [1.807, 2.05) is 30.0 Å². The van der Waals surface area contributed by atoms with Gasteiger partial charge in [0.05, 0.1) is 0 Å². The smallest absolute Gasteiger partial charge is 0.251 e. The minimum absolute atomic E-state index is 0. The largest absolute Gasteiger partial charge is 0.352 e. The molecule has 0 radical (unpaired) electrons. The monoisotopic (exact) mass is 353 g/mol. The fourth-order valence-electron chi connectivity index (χ4n) is 2.96. The number of halogens is 1. The molecule has 1 aromatic carbocycles. The lowest BCUT2D eigenvalue weighted by atomic mass is 9.92. The maximum Gasteiger partial charge on any atom is 0.251 e. The highest BCUT2D eigenvalue weighted by Crippen LogP contribution is 2.19. The molecular formula is C18H28ClN3O2. The first-order valence-electron chi connectivity index (χ1n) is 8.44. The summed E-state index contributed by atoms with van der Waals surface area (Å²) in [5, 5.41) is 2.85. The van der Waals surface area contributed by atoms with Crippen molar-refractivity contribution in [2.24, 2.45) is 11.7 Å². The van der Waals surface area contributed by atoms with Gasteiger partial charge in [0.1, 0.15) is 0 Å². The summed E-state index contributed by atoms with van der Waals surface area (Å²) in [6.45, 7) is 4.13. The Morgan fingerprint density at radius 3 is 2.71 bits per heavy atom. The minimum Gasteiger partial charge on any atom is -0.352 e. The van der Waals surface area contributed by atoms with Crippen LogP contribution in [0, 0.1) is 5.92 Å². The van der Waals surface area contributed by atoms with Crippen molar-refractivity contribution in [3.05, 3.63) is 35.9 Å². The van der Waals surface area contributed by atoms with E-state index in [9.17, 15) is 9.59 Å². The summed E-state index contributed by atoms with van der Waals surface area (Å²) in [6, 6.07) is 9.25. The van der Waals surface area contributed by atoms with Gasteiger partial charge in [0.15, 0.2) is 0 Å². The number of likely N-dealkylation sites (tertiary alicyclic amines) is 1. The zero-order valence-electron chi connectivity index (χ0n) is 14.2. The number of amides is 2. The second kappa shape index (κ2) is 10.3. The van der Waals surface area contributed by atoms with Gasteiger partial charge in [-0.1, -0.05) is 18.2 Å². The molecule has 2 atom stereocenters. The predicted octanol–water partition coefficient (Wildman–Crippen LogP) is 2.20. The molecule has 2 unspecified atom stereocenters. The standard InChI is InChI=1S/C18H27N3O2.ClH/c1-14(19)16-9-6-12-21(13-16)17(22)10-5-11-20-18(23)15-7-3-2-4-8-15;/h2-4,7-8,14,16H,5-6,9-13,19H2,1H3,(H,20,23);1H. The molecule has 6 heteroatoms. The van der Waals surface area contributed by atoms with Crippen molar-refractivity contribution in [1.29, 1.82) is 0 Å². The van der Waals surface area contributed by atoms with Crippen molar-refractivity contribution in [1.82, 2.24) is 10.2 Å². The Labute approximate surface area is 150 Å². The number of carbonyl (C=O) groups is 2. The van der Waals surface area contributed by atoms with E-state index in [2.05, 4.69) is 5.32 Å². The van der Waals surface area contributed by atoms with Gasteiger partial charge in [-0.05, 0) is 44.2 Å². The Morgan fingerprint density at radius 1 is 1.33 bits per heavy atom. The zero-order valence-corrected chi connectivity index (χ0v) is 15.1. The summed E-state index contributed by atoms with van der Waals surface area (Å²) < 4.78 is 0. The summed E-state index contributed by atoms with van der Waals surface area (Å²) in [6.07, 6.45) is 3.27. The molecule has 0 bridgehead atoms. The van der Waals surface area contributed by atoms with Gasteiger partial charge in [-0.3, -0.25) is 9.59 Å². The number of benzene rings is 1. The van der Waals surface area contributed by atoms with E-state index in [0.717, 1.165) is 25.9 Å². The second-order valence-electron chi connectivity index (χ2n) is 6.33. The molecule has 24 heavy (non-hydrogen) atoms.